The van der Waals surface area contributed by atoms with Crippen LogP contribution in [-0.2, 0) is 10.0 Å². The molecule has 1 saturated heterocycles. The fourth-order valence-corrected chi connectivity index (χ4v) is 4.99. The van der Waals surface area contributed by atoms with Gasteiger partial charge in [0.05, 0.1) is 12.9 Å². The fourth-order valence-electron chi connectivity index (χ4n) is 3.30. The van der Waals surface area contributed by atoms with Crippen molar-refractivity contribution in [3.05, 3.63) is 30.2 Å². The number of aromatic nitrogens is 2. The number of methoxy groups -OCH3 is 1. The van der Waals surface area contributed by atoms with E-state index in [1.165, 1.54) is 4.31 Å². The Kier molecular flexibility index (Phi) is 6.69. The first-order chi connectivity index (χ1) is 13.5. The van der Waals surface area contributed by atoms with Gasteiger partial charge in [-0.3, -0.25) is 0 Å². The van der Waals surface area contributed by atoms with E-state index in [2.05, 4.69) is 28.9 Å². The van der Waals surface area contributed by atoms with Gasteiger partial charge in [0, 0.05) is 12.1 Å². The van der Waals surface area contributed by atoms with Crippen molar-refractivity contribution in [1.82, 2.24) is 19.3 Å². The first-order valence-corrected chi connectivity index (χ1v) is 11.3. The van der Waals surface area contributed by atoms with Crippen LogP contribution in [-0.4, -0.2) is 66.8 Å². The third-order valence-electron chi connectivity index (χ3n) is 5.17. The molecule has 9 heteroatoms. The van der Waals surface area contributed by atoms with Crippen LogP contribution < -0.4 is 4.74 Å². The number of nitrogens with zero attached hydrogens (tertiary/aromatic N) is 4. The summed E-state index contributed by atoms with van der Waals surface area (Å²) in [6, 6.07) is 6.97. The van der Waals surface area contributed by atoms with Gasteiger partial charge in [0.1, 0.15) is 11.8 Å². The van der Waals surface area contributed by atoms with Crippen LogP contribution in [0.2, 0.25) is 0 Å². The van der Waals surface area contributed by atoms with Crippen molar-refractivity contribution in [3.8, 4) is 17.1 Å². The van der Waals surface area contributed by atoms with Crippen molar-refractivity contribution >= 4 is 10.0 Å². The second-order valence-corrected chi connectivity index (χ2v) is 8.84. The molecule has 1 aromatic heterocycles. The first-order valence-electron chi connectivity index (χ1n) is 9.68. The van der Waals surface area contributed by atoms with Crippen molar-refractivity contribution in [2.45, 2.75) is 32.7 Å². The van der Waals surface area contributed by atoms with E-state index in [-0.39, 0.29) is 11.8 Å². The van der Waals surface area contributed by atoms with Crippen molar-refractivity contribution in [3.63, 3.8) is 0 Å². The molecule has 0 N–H and O–H groups in total. The molecule has 2 heterocycles. The van der Waals surface area contributed by atoms with E-state index in [0.29, 0.717) is 31.1 Å². The van der Waals surface area contributed by atoms with Crippen molar-refractivity contribution in [2.24, 2.45) is 0 Å². The minimum absolute atomic E-state index is 0.138. The minimum Gasteiger partial charge on any atom is -0.497 e. The third-order valence-corrected chi connectivity index (χ3v) is 7.13. The highest BCUT2D eigenvalue weighted by atomic mass is 32.2. The smallest absolute Gasteiger partial charge is 0.245 e. The maximum atomic E-state index is 12.7. The van der Waals surface area contributed by atoms with E-state index in [9.17, 15) is 8.42 Å². The zero-order valence-corrected chi connectivity index (χ0v) is 17.5. The molecule has 1 unspecified atom stereocenters. The second-order valence-electron chi connectivity index (χ2n) is 6.80. The van der Waals surface area contributed by atoms with E-state index in [1.54, 1.807) is 7.11 Å². The van der Waals surface area contributed by atoms with Gasteiger partial charge in [-0.15, -0.1) is 0 Å². The Hall–Kier alpha value is -1.97. The lowest BCUT2D eigenvalue weighted by atomic mass is 10.1. The molecule has 8 nitrogen and oxygen atoms in total. The zero-order chi connectivity index (χ0) is 20.1. The van der Waals surface area contributed by atoms with Crippen LogP contribution in [0.5, 0.6) is 5.75 Å². The van der Waals surface area contributed by atoms with Gasteiger partial charge in [-0.1, -0.05) is 19.0 Å². The molecule has 0 spiro atoms. The molecular weight excluding hydrogens is 380 g/mol. The summed E-state index contributed by atoms with van der Waals surface area (Å²) >= 11 is 0. The summed E-state index contributed by atoms with van der Waals surface area (Å²) in [7, 11) is -1.73. The summed E-state index contributed by atoms with van der Waals surface area (Å²) in [5.74, 6) is 1.68. The van der Waals surface area contributed by atoms with Crippen LogP contribution in [0, 0.1) is 0 Å². The van der Waals surface area contributed by atoms with E-state index in [0.717, 1.165) is 30.9 Å². The largest absolute Gasteiger partial charge is 0.497 e. The lowest BCUT2D eigenvalue weighted by Gasteiger charge is -2.37. The van der Waals surface area contributed by atoms with E-state index in [4.69, 9.17) is 9.26 Å². The first kappa shape index (κ1) is 20.8. The van der Waals surface area contributed by atoms with Crippen LogP contribution in [0.25, 0.3) is 11.4 Å². The Bertz CT molecular complexity index is 862. The molecule has 0 radical (unpaired) electrons. The molecule has 28 heavy (non-hydrogen) atoms. The Morgan fingerprint density at radius 3 is 2.54 bits per heavy atom. The normalized spacial score (nSPS) is 17.6. The zero-order valence-electron chi connectivity index (χ0n) is 16.7. The highest BCUT2D eigenvalue weighted by molar-refractivity contribution is 7.89. The molecule has 2 aromatic rings. The fraction of sp³-hybridized carbons (Fsp3) is 0.579. The van der Waals surface area contributed by atoms with E-state index < -0.39 is 10.0 Å². The standard InChI is InChI=1S/C19H28N4O4S/c1-4-22(5-2)12-6-14-28(24,25)23-13-11-17(23)19-20-18(21-27-19)15-7-9-16(26-3)10-8-15/h7-10,17H,4-6,11-14H2,1-3H3. The van der Waals surface area contributed by atoms with Crippen LogP contribution in [0.1, 0.15) is 38.6 Å². The van der Waals surface area contributed by atoms with Gasteiger partial charge in [0.25, 0.3) is 0 Å². The van der Waals surface area contributed by atoms with Crippen molar-refractivity contribution in [2.75, 3.05) is 39.0 Å². The average Bonchev–Trinajstić information content (AvgIpc) is 3.13. The van der Waals surface area contributed by atoms with Gasteiger partial charge >= 0.3 is 0 Å². The third kappa shape index (κ3) is 4.53. The summed E-state index contributed by atoms with van der Waals surface area (Å²) in [4.78, 5) is 6.65. The number of benzene rings is 1. The molecule has 154 valence electrons. The van der Waals surface area contributed by atoms with Crippen LogP contribution in [0.15, 0.2) is 28.8 Å². The molecule has 1 atom stereocenters. The molecule has 3 rings (SSSR count). The molecule has 0 amide bonds. The summed E-state index contributed by atoms with van der Waals surface area (Å²) in [5, 5.41) is 4.01. The van der Waals surface area contributed by atoms with Gasteiger partial charge in [0.2, 0.25) is 21.7 Å². The van der Waals surface area contributed by atoms with E-state index in [1.807, 2.05) is 24.3 Å². The SMILES string of the molecule is CCN(CC)CCCS(=O)(=O)N1CCC1c1nc(-c2ccc(OC)cc2)no1. The second kappa shape index (κ2) is 9.02. The maximum absolute atomic E-state index is 12.7. The highest BCUT2D eigenvalue weighted by Crippen LogP contribution is 2.36. The lowest BCUT2D eigenvalue weighted by Crippen LogP contribution is -2.46. The summed E-state index contributed by atoms with van der Waals surface area (Å²) in [6.07, 6.45) is 1.31. The average molecular weight is 409 g/mol. The molecule has 0 saturated carbocycles. The Morgan fingerprint density at radius 2 is 1.96 bits per heavy atom. The molecule has 0 bridgehead atoms. The predicted octanol–water partition coefficient (Wildman–Crippen LogP) is 2.55. The van der Waals surface area contributed by atoms with Gasteiger partial charge in [-0.05, 0) is 56.7 Å². The minimum atomic E-state index is -3.33. The van der Waals surface area contributed by atoms with Gasteiger partial charge < -0.3 is 14.2 Å². The quantitative estimate of drug-likeness (QED) is 0.597. The molecule has 1 aromatic carbocycles. The molecule has 0 aliphatic carbocycles. The van der Waals surface area contributed by atoms with Crippen LogP contribution in [0.4, 0.5) is 0 Å². The Labute approximate surface area is 166 Å². The summed E-state index contributed by atoms with van der Waals surface area (Å²) < 4.78 is 37.4. The van der Waals surface area contributed by atoms with Gasteiger partial charge in [-0.2, -0.15) is 9.29 Å². The van der Waals surface area contributed by atoms with Crippen LogP contribution in [0.3, 0.4) is 0 Å². The maximum Gasteiger partial charge on any atom is 0.245 e. The number of sulfonamides is 1. The highest BCUT2D eigenvalue weighted by Gasteiger charge is 2.41. The predicted molar refractivity (Wildman–Crippen MR) is 107 cm³/mol. The summed E-state index contributed by atoms with van der Waals surface area (Å²) in [5.41, 5.74) is 0.795. The number of rotatable bonds is 10. The molecule has 1 aliphatic heterocycles. The summed E-state index contributed by atoms with van der Waals surface area (Å²) in [6.45, 7) is 7.31. The Morgan fingerprint density at radius 1 is 1.25 bits per heavy atom. The molecule has 1 aliphatic rings. The number of ether oxygens (including phenoxy) is 1. The van der Waals surface area contributed by atoms with E-state index >= 15 is 0 Å². The number of hydrogen-bond donors (Lipinski definition) is 0. The monoisotopic (exact) mass is 408 g/mol. The van der Waals surface area contributed by atoms with Crippen LogP contribution >= 0.6 is 0 Å². The Balaban J connectivity index is 1.63. The van der Waals surface area contributed by atoms with Crippen molar-refractivity contribution in [1.29, 1.82) is 0 Å². The number of hydrogen-bond acceptors (Lipinski definition) is 7. The molecule has 1 fully saturated rings. The van der Waals surface area contributed by atoms with Crippen molar-refractivity contribution < 1.29 is 17.7 Å². The van der Waals surface area contributed by atoms with Gasteiger partial charge in [-0.25, -0.2) is 8.42 Å². The topological polar surface area (TPSA) is 88.8 Å². The molecular formula is C19H28N4O4S. The lowest BCUT2D eigenvalue weighted by molar-refractivity contribution is 0.157. The van der Waals surface area contributed by atoms with Gasteiger partial charge in [0.15, 0.2) is 0 Å².